The predicted octanol–water partition coefficient (Wildman–Crippen LogP) is 5.07. The van der Waals surface area contributed by atoms with Crippen molar-refractivity contribution in [3.05, 3.63) is 129 Å². The topological polar surface area (TPSA) is 221 Å². The summed E-state index contributed by atoms with van der Waals surface area (Å²) in [7, 11) is 6.61. The number of esters is 1. The molecule has 6 aromatic rings. The maximum atomic E-state index is 13.0. The number of ether oxygens (including phenoxy) is 3. The zero-order valence-corrected chi connectivity index (χ0v) is 39.7. The van der Waals surface area contributed by atoms with E-state index in [0.29, 0.717) is 74.3 Å². The number of amides is 2. The van der Waals surface area contributed by atoms with E-state index < -0.39 is 24.0 Å². The van der Waals surface area contributed by atoms with Crippen LogP contribution in [0.5, 0.6) is 11.5 Å². The Kier molecular flexibility index (Phi) is 20.7. The molecular formula is C48H55Cl2LiN4O11. The van der Waals surface area contributed by atoms with E-state index in [1.807, 2.05) is 50.2 Å². The van der Waals surface area contributed by atoms with Crippen molar-refractivity contribution in [3.63, 3.8) is 0 Å². The maximum absolute atomic E-state index is 13.0. The molecule has 0 aliphatic heterocycles. The number of carbonyl (C=O) groups excluding carboxylic acids is 3. The van der Waals surface area contributed by atoms with Crippen LogP contribution in [0.3, 0.4) is 0 Å². The molecule has 4 aromatic carbocycles. The summed E-state index contributed by atoms with van der Waals surface area (Å²) in [4.78, 5) is 49.6. The summed E-state index contributed by atoms with van der Waals surface area (Å²) in [6, 6.07) is 23.5. The zero-order chi connectivity index (χ0) is 46.8. The van der Waals surface area contributed by atoms with Crippen molar-refractivity contribution in [1.82, 2.24) is 19.8 Å². The van der Waals surface area contributed by atoms with Crippen molar-refractivity contribution in [2.45, 2.75) is 57.5 Å². The zero-order valence-electron chi connectivity index (χ0n) is 38.2. The van der Waals surface area contributed by atoms with Gasteiger partial charge in [0.25, 0.3) is 11.8 Å². The number of nitrogens with zero attached hydrogens (tertiary/aromatic N) is 2. The molecule has 0 aliphatic carbocycles. The van der Waals surface area contributed by atoms with Gasteiger partial charge in [-0.15, -0.1) is 0 Å². The fourth-order valence-corrected chi connectivity index (χ4v) is 8.23. The molecule has 18 heteroatoms. The van der Waals surface area contributed by atoms with Crippen LogP contribution in [0.1, 0.15) is 101 Å². The molecule has 0 saturated carbocycles. The van der Waals surface area contributed by atoms with Gasteiger partial charge in [-0.2, -0.15) is 0 Å². The van der Waals surface area contributed by atoms with Crippen LogP contribution >= 0.6 is 23.2 Å². The number of fused-ring (bicyclic) bond motifs is 2. The molecule has 0 saturated heterocycles. The average Bonchev–Trinajstić information content (AvgIpc) is 3.83. The number of nitrogens with one attached hydrogen (secondary N) is 2. The Morgan fingerprint density at radius 1 is 0.621 bits per heavy atom. The number of aliphatic hydroxyl groups excluding tert-OH is 2. The first kappa shape index (κ1) is 54.8. The van der Waals surface area contributed by atoms with Crippen molar-refractivity contribution in [1.29, 1.82) is 0 Å². The third-order valence-electron chi connectivity index (χ3n) is 11.3. The van der Waals surface area contributed by atoms with Gasteiger partial charge in [0.15, 0.2) is 0 Å². The van der Waals surface area contributed by atoms with Gasteiger partial charge in [0.05, 0.1) is 79.0 Å². The van der Waals surface area contributed by atoms with Crippen molar-refractivity contribution >= 4 is 68.8 Å². The molecule has 2 heterocycles. The molecule has 2 unspecified atom stereocenters. The van der Waals surface area contributed by atoms with E-state index in [0.717, 1.165) is 22.2 Å². The first-order chi connectivity index (χ1) is 30.7. The minimum atomic E-state index is -0.881. The minimum Gasteiger partial charge on any atom is -0.870 e. The average molecular weight is 942 g/mol. The molecule has 348 valence electrons. The van der Waals surface area contributed by atoms with Crippen molar-refractivity contribution in [2.24, 2.45) is 14.1 Å². The molecular weight excluding hydrogens is 886 g/mol. The smallest absolute Gasteiger partial charge is 0.870 e. The Bertz CT molecular complexity index is 2620. The standard InChI is InChI=1S/C25H29ClN2O5.C23H25ClN2O5.Li.H2O/c1-5-17(25(31)33-6-2)15-7-9-16(10-8-15)19(14-29)27-24(30)21-13-18-20(28(21)3)11-12-22(32-4)23(18)26;1-4-15(23(29)30)13-5-7-14(8-6-13)17(12-27)25-22(28)19-11-16-18(26(19)2)9-10-20(31-3)21(16)24;;/h7-13,17,19,29H,5-6,14H2,1-4H3,(H,27,30);5-11,15,17,27H,4,12H2,1-3H3,(H,25,28)(H,29,30);;1H2/q;;+1;/p-1/t17?,19-;15?,17-;;/m11../s1. The van der Waals surface area contributed by atoms with E-state index in [1.165, 1.54) is 14.2 Å². The number of aliphatic hydroxyl groups is 2. The summed E-state index contributed by atoms with van der Waals surface area (Å²) >= 11 is 12.8. The monoisotopic (exact) mass is 940 g/mol. The SMILES string of the molecule is CCC(C(=O)O)c1ccc([C@@H](CO)NC(=O)c2cc3c(Cl)c(OC)ccc3n2C)cc1.CCOC(=O)C(CC)c1ccc([C@@H](CO)NC(=O)c2cc3c(Cl)c(OC)ccc3n2C)cc1.[Li+].[OH-]. The van der Waals surface area contributed by atoms with E-state index in [1.54, 1.807) is 78.7 Å². The third-order valence-corrected chi connectivity index (χ3v) is 12.1. The Labute approximate surface area is 405 Å². The van der Waals surface area contributed by atoms with Crippen LogP contribution in [0.2, 0.25) is 10.0 Å². The summed E-state index contributed by atoms with van der Waals surface area (Å²) in [5.41, 5.74) is 5.28. The summed E-state index contributed by atoms with van der Waals surface area (Å²) in [5.74, 6) is -1.74. The fraction of sp³-hybridized carbons (Fsp3) is 0.333. The van der Waals surface area contributed by atoms with Crippen LogP contribution in [0.4, 0.5) is 0 Å². The van der Waals surface area contributed by atoms with Crippen molar-refractivity contribution in [2.75, 3.05) is 34.0 Å². The van der Waals surface area contributed by atoms with E-state index in [-0.39, 0.29) is 61.3 Å². The van der Waals surface area contributed by atoms with Gasteiger partial charge in [0, 0.05) is 24.9 Å². The van der Waals surface area contributed by atoms with Gasteiger partial charge in [-0.1, -0.05) is 85.6 Å². The van der Waals surface area contributed by atoms with Gasteiger partial charge in [0.2, 0.25) is 0 Å². The second kappa shape index (κ2) is 24.9. The van der Waals surface area contributed by atoms with E-state index in [2.05, 4.69) is 10.6 Å². The summed E-state index contributed by atoms with van der Waals surface area (Å²) in [5, 5.41) is 37.1. The number of benzene rings is 4. The van der Waals surface area contributed by atoms with Gasteiger partial charge in [-0.25, -0.2) is 0 Å². The summed E-state index contributed by atoms with van der Waals surface area (Å²) in [6.45, 7) is 5.27. The molecule has 0 aliphatic rings. The summed E-state index contributed by atoms with van der Waals surface area (Å²) < 4.78 is 19.1. The number of aryl methyl sites for hydroxylation is 2. The Hall–Kier alpha value is -5.50. The van der Waals surface area contributed by atoms with Gasteiger partial charge in [-0.05, 0) is 78.4 Å². The molecule has 0 spiro atoms. The first-order valence-electron chi connectivity index (χ1n) is 20.7. The summed E-state index contributed by atoms with van der Waals surface area (Å²) in [6.07, 6.45) is 1.09. The van der Waals surface area contributed by atoms with Gasteiger partial charge in [-0.3, -0.25) is 19.2 Å². The molecule has 2 aromatic heterocycles. The molecule has 0 fully saturated rings. The minimum absolute atomic E-state index is 0. The molecule has 6 rings (SSSR count). The van der Waals surface area contributed by atoms with Crippen LogP contribution < -0.4 is 39.0 Å². The number of hydrogen-bond donors (Lipinski definition) is 5. The molecule has 2 amide bonds. The van der Waals surface area contributed by atoms with Gasteiger partial charge in [0.1, 0.15) is 22.9 Å². The van der Waals surface area contributed by atoms with Crippen LogP contribution in [-0.4, -0.2) is 87.7 Å². The molecule has 4 atom stereocenters. The van der Waals surface area contributed by atoms with Crippen LogP contribution in [-0.2, 0) is 28.4 Å². The molecule has 6 N–H and O–H groups in total. The molecule has 0 radical (unpaired) electrons. The largest absolute Gasteiger partial charge is 1.00 e. The number of methoxy groups -OCH3 is 2. The van der Waals surface area contributed by atoms with E-state index in [4.69, 9.17) is 37.4 Å². The Balaban J connectivity index is 0.000000341. The van der Waals surface area contributed by atoms with Crippen LogP contribution in [0.25, 0.3) is 21.8 Å². The number of aromatic nitrogens is 2. The second-order valence-electron chi connectivity index (χ2n) is 15.0. The van der Waals surface area contributed by atoms with Crippen molar-refractivity contribution < 1.29 is 73.0 Å². The Morgan fingerprint density at radius 3 is 1.30 bits per heavy atom. The molecule has 15 nitrogen and oxygen atoms in total. The second-order valence-corrected chi connectivity index (χ2v) is 15.7. The number of hydrogen-bond acceptors (Lipinski definition) is 10. The normalized spacial score (nSPS) is 12.6. The fourth-order valence-electron chi connectivity index (χ4n) is 7.65. The van der Waals surface area contributed by atoms with Gasteiger partial charge < -0.3 is 54.8 Å². The quantitative estimate of drug-likeness (QED) is 0.0601. The van der Waals surface area contributed by atoms with Crippen molar-refractivity contribution in [3.8, 4) is 11.5 Å². The number of rotatable bonds is 17. The maximum Gasteiger partial charge on any atom is 1.00 e. The van der Waals surface area contributed by atoms with E-state index in [9.17, 15) is 34.5 Å². The Morgan fingerprint density at radius 2 is 0.985 bits per heavy atom. The number of aliphatic carboxylic acids is 1. The van der Waals surface area contributed by atoms with E-state index >= 15 is 0 Å². The number of carboxylic acids is 1. The third kappa shape index (κ3) is 11.9. The molecule has 66 heavy (non-hydrogen) atoms. The predicted molar refractivity (Wildman–Crippen MR) is 249 cm³/mol. The van der Waals surface area contributed by atoms with Crippen LogP contribution in [0, 0.1) is 0 Å². The molecule has 0 bridgehead atoms. The van der Waals surface area contributed by atoms with Gasteiger partial charge >= 0.3 is 30.8 Å². The first-order valence-corrected chi connectivity index (χ1v) is 21.5. The number of carboxylic acid groups (broad SMARTS) is 1. The van der Waals surface area contributed by atoms with Crippen LogP contribution in [0.15, 0.2) is 84.9 Å². The number of carbonyl (C=O) groups is 4. The number of halogens is 2.